The molecule has 0 aliphatic carbocycles. The molecule has 0 aromatic heterocycles. The van der Waals surface area contributed by atoms with Gasteiger partial charge in [0.25, 0.3) is 0 Å². The van der Waals surface area contributed by atoms with E-state index in [-0.39, 0.29) is 12.1 Å². The molecule has 2 aliphatic heterocycles. The third-order valence-corrected chi connectivity index (χ3v) is 4.29. The van der Waals surface area contributed by atoms with Crippen molar-refractivity contribution in [2.24, 2.45) is 0 Å². The Morgan fingerprint density at radius 2 is 1.93 bits per heavy atom. The maximum Gasteiger partial charge on any atom is 0.361 e. The Morgan fingerprint density at radius 3 is 2.40 bits per heavy atom. The Labute approximate surface area is 90.4 Å². The van der Waals surface area contributed by atoms with Gasteiger partial charge in [-0.25, -0.2) is 4.79 Å². The quantitative estimate of drug-likeness (QED) is 0.531. The first-order valence-corrected chi connectivity index (χ1v) is 5.66. The van der Waals surface area contributed by atoms with E-state index in [0.717, 1.165) is 30.2 Å². The number of likely N-dealkylation sites (N-methyl/N-ethyl adjacent to an activating group) is 1. The summed E-state index contributed by atoms with van der Waals surface area (Å²) in [6, 6.07) is 0.885. The Balaban J connectivity index is 2.11. The second kappa shape index (κ2) is 3.76. The highest BCUT2D eigenvalue weighted by Crippen LogP contribution is 2.40. The fourth-order valence-electron chi connectivity index (χ4n) is 3.32. The highest BCUT2D eigenvalue weighted by atomic mass is 16.5. The highest BCUT2D eigenvalue weighted by Gasteiger charge is 2.52. The summed E-state index contributed by atoms with van der Waals surface area (Å²) in [5.41, 5.74) is 0. The van der Waals surface area contributed by atoms with Crippen LogP contribution in [0.3, 0.4) is 0 Å². The van der Waals surface area contributed by atoms with Gasteiger partial charge in [0.2, 0.25) is 0 Å². The second-order valence-electron chi connectivity index (χ2n) is 5.09. The third kappa shape index (κ3) is 1.76. The molecule has 2 rings (SSSR count). The lowest BCUT2D eigenvalue weighted by molar-refractivity contribution is -0.942. The number of aliphatic hydroxyl groups is 1. The number of rotatable bonds is 2. The number of methoxy groups -OCH3 is 1. The summed E-state index contributed by atoms with van der Waals surface area (Å²) >= 11 is 0. The van der Waals surface area contributed by atoms with Gasteiger partial charge in [-0.1, -0.05) is 0 Å². The number of nitrogens with zero attached hydrogens (tertiary/aromatic N) is 1. The second-order valence-corrected chi connectivity index (χ2v) is 5.09. The summed E-state index contributed by atoms with van der Waals surface area (Å²) in [6.45, 7) is 0.457. The zero-order valence-corrected chi connectivity index (χ0v) is 9.48. The van der Waals surface area contributed by atoms with Crippen molar-refractivity contribution in [1.29, 1.82) is 0 Å². The SMILES string of the molecule is COC(=O)C[N+]1(C)[C@H]2CC[C@H]1CC(O)C2. The molecule has 0 aromatic carbocycles. The van der Waals surface area contributed by atoms with E-state index >= 15 is 0 Å². The van der Waals surface area contributed by atoms with Crippen molar-refractivity contribution in [1.82, 2.24) is 0 Å². The zero-order valence-electron chi connectivity index (χ0n) is 9.48. The smallest absolute Gasteiger partial charge is 0.361 e. The first-order valence-electron chi connectivity index (χ1n) is 5.66. The monoisotopic (exact) mass is 214 g/mol. The van der Waals surface area contributed by atoms with E-state index in [0.29, 0.717) is 18.6 Å². The standard InChI is InChI=1S/C11H20NO3/c1-12(7-11(14)15-2)8-3-4-9(12)6-10(13)5-8/h8-10,13H,3-7H2,1-2H3/q+1/t8-,9-,10?,12?/m0/s1. The van der Waals surface area contributed by atoms with E-state index in [1.54, 1.807) is 0 Å². The number of esters is 1. The molecule has 0 aromatic rings. The van der Waals surface area contributed by atoms with Crippen LogP contribution in [0.2, 0.25) is 0 Å². The molecule has 4 nitrogen and oxygen atoms in total. The van der Waals surface area contributed by atoms with Crippen molar-refractivity contribution < 1.29 is 19.1 Å². The molecule has 2 heterocycles. The number of carbonyl (C=O) groups excluding carboxylic acids is 1. The molecule has 1 N–H and O–H groups in total. The van der Waals surface area contributed by atoms with Gasteiger partial charge in [-0.05, 0) is 0 Å². The molecule has 86 valence electrons. The minimum Gasteiger partial charge on any atom is -0.465 e. The van der Waals surface area contributed by atoms with Crippen molar-refractivity contribution >= 4 is 5.97 Å². The van der Waals surface area contributed by atoms with Crippen molar-refractivity contribution in [3.63, 3.8) is 0 Å². The molecule has 0 saturated carbocycles. The van der Waals surface area contributed by atoms with E-state index in [9.17, 15) is 9.90 Å². The molecule has 15 heavy (non-hydrogen) atoms. The topological polar surface area (TPSA) is 46.5 Å². The number of piperidine rings is 1. The number of fused-ring (bicyclic) bond motifs is 2. The Bertz CT molecular complexity index is 253. The first kappa shape index (κ1) is 10.9. The molecule has 2 bridgehead atoms. The molecule has 0 amide bonds. The average Bonchev–Trinajstić information content (AvgIpc) is 2.41. The highest BCUT2D eigenvalue weighted by molar-refractivity contribution is 5.70. The molecule has 2 atom stereocenters. The number of aliphatic hydroxyl groups excluding tert-OH is 1. The fourth-order valence-corrected chi connectivity index (χ4v) is 3.32. The van der Waals surface area contributed by atoms with Crippen molar-refractivity contribution in [2.75, 3.05) is 20.7 Å². The number of carbonyl (C=O) groups is 1. The molecule has 2 saturated heterocycles. The fraction of sp³-hybridized carbons (Fsp3) is 0.909. The third-order valence-electron chi connectivity index (χ3n) is 4.29. The lowest BCUT2D eigenvalue weighted by Gasteiger charge is -2.45. The Kier molecular flexibility index (Phi) is 2.73. The van der Waals surface area contributed by atoms with E-state index in [1.807, 2.05) is 0 Å². The number of hydrogen-bond acceptors (Lipinski definition) is 3. The van der Waals surface area contributed by atoms with E-state index in [4.69, 9.17) is 4.74 Å². The van der Waals surface area contributed by atoms with Gasteiger partial charge in [0.05, 0.1) is 32.3 Å². The van der Waals surface area contributed by atoms with Gasteiger partial charge in [-0.15, -0.1) is 0 Å². The molecular formula is C11H20NO3+. The summed E-state index contributed by atoms with van der Waals surface area (Å²) in [5, 5.41) is 9.69. The minimum atomic E-state index is -0.161. The molecular weight excluding hydrogens is 194 g/mol. The molecule has 0 spiro atoms. The van der Waals surface area contributed by atoms with Crippen LogP contribution < -0.4 is 0 Å². The summed E-state index contributed by atoms with van der Waals surface area (Å²) in [4.78, 5) is 11.4. The van der Waals surface area contributed by atoms with Gasteiger partial charge >= 0.3 is 5.97 Å². The van der Waals surface area contributed by atoms with Crippen LogP contribution in [0.5, 0.6) is 0 Å². The predicted molar refractivity (Wildman–Crippen MR) is 55.1 cm³/mol. The van der Waals surface area contributed by atoms with Gasteiger partial charge in [0.15, 0.2) is 6.54 Å². The zero-order chi connectivity index (χ0) is 11.1. The summed E-state index contributed by atoms with van der Waals surface area (Å²) in [6.07, 6.45) is 3.78. The van der Waals surface area contributed by atoms with Crippen LogP contribution in [0.1, 0.15) is 25.7 Å². The molecule has 0 radical (unpaired) electrons. The van der Waals surface area contributed by atoms with Crippen LogP contribution in [0.25, 0.3) is 0 Å². The Morgan fingerprint density at radius 1 is 1.40 bits per heavy atom. The van der Waals surface area contributed by atoms with Crippen LogP contribution in [0, 0.1) is 0 Å². The van der Waals surface area contributed by atoms with E-state index in [2.05, 4.69) is 7.05 Å². The molecule has 4 heteroatoms. The maximum absolute atomic E-state index is 11.4. The summed E-state index contributed by atoms with van der Waals surface area (Å²) in [5.74, 6) is -0.134. The van der Waals surface area contributed by atoms with Crippen molar-refractivity contribution in [2.45, 2.75) is 43.9 Å². The van der Waals surface area contributed by atoms with Gasteiger partial charge in [0, 0.05) is 25.7 Å². The largest absolute Gasteiger partial charge is 0.465 e. The van der Waals surface area contributed by atoms with Gasteiger partial charge in [-0.2, -0.15) is 0 Å². The van der Waals surface area contributed by atoms with Crippen LogP contribution in [0.4, 0.5) is 0 Å². The number of hydrogen-bond donors (Lipinski definition) is 1. The summed E-state index contributed by atoms with van der Waals surface area (Å²) in [7, 11) is 3.57. The normalized spacial score (nSPS) is 44.1. The summed E-state index contributed by atoms with van der Waals surface area (Å²) < 4.78 is 5.53. The lowest BCUT2D eigenvalue weighted by Crippen LogP contribution is -2.60. The molecule has 2 aliphatic rings. The van der Waals surface area contributed by atoms with E-state index in [1.165, 1.54) is 7.11 Å². The molecule has 2 fully saturated rings. The minimum absolute atomic E-state index is 0.134. The average molecular weight is 214 g/mol. The number of ether oxygens (including phenoxy) is 1. The van der Waals surface area contributed by atoms with Crippen molar-refractivity contribution in [3.05, 3.63) is 0 Å². The van der Waals surface area contributed by atoms with Crippen molar-refractivity contribution in [3.8, 4) is 0 Å². The van der Waals surface area contributed by atoms with Gasteiger partial charge in [0.1, 0.15) is 0 Å². The van der Waals surface area contributed by atoms with Crippen LogP contribution in [0.15, 0.2) is 0 Å². The van der Waals surface area contributed by atoms with E-state index < -0.39 is 0 Å². The first-order chi connectivity index (χ1) is 7.06. The maximum atomic E-state index is 11.4. The van der Waals surface area contributed by atoms with Crippen LogP contribution in [-0.2, 0) is 9.53 Å². The number of quaternary nitrogens is 1. The van der Waals surface area contributed by atoms with Gasteiger partial charge in [-0.3, -0.25) is 0 Å². The van der Waals surface area contributed by atoms with Crippen LogP contribution in [-0.4, -0.2) is 54.4 Å². The lowest BCUT2D eigenvalue weighted by atomic mass is 9.97. The predicted octanol–water partition coefficient (Wildman–Crippen LogP) is 0.292. The Hall–Kier alpha value is -0.610. The molecule has 0 unspecified atom stereocenters. The van der Waals surface area contributed by atoms with Crippen LogP contribution >= 0.6 is 0 Å². The van der Waals surface area contributed by atoms with Gasteiger partial charge < -0.3 is 14.3 Å².